The Morgan fingerprint density at radius 3 is 2.79 bits per heavy atom. The summed E-state index contributed by atoms with van der Waals surface area (Å²) in [7, 11) is 0. The highest BCUT2D eigenvalue weighted by molar-refractivity contribution is 5.66. The fourth-order valence-electron chi connectivity index (χ4n) is 0.721. The van der Waals surface area contributed by atoms with Crippen molar-refractivity contribution in [1.82, 2.24) is 5.32 Å². The van der Waals surface area contributed by atoms with E-state index in [1.54, 1.807) is 13.5 Å². The zero-order valence-corrected chi connectivity index (χ0v) is 8.75. The van der Waals surface area contributed by atoms with Crippen LogP contribution in [0.2, 0.25) is 0 Å². The molecular weight excluding hydrogens is 186 g/mol. The molecule has 0 rings (SSSR count). The number of alkyl carbamates (subject to hydrolysis) is 1. The lowest BCUT2D eigenvalue weighted by Gasteiger charge is -2.06. The highest BCUT2D eigenvalue weighted by Crippen LogP contribution is 1.82. The van der Waals surface area contributed by atoms with Crippen LogP contribution in [0.3, 0.4) is 0 Å². The summed E-state index contributed by atoms with van der Waals surface area (Å²) in [5, 5.41) is 2.54. The van der Waals surface area contributed by atoms with Crippen LogP contribution in [0.1, 0.15) is 13.8 Å². The molecule has 0 aliphatic heterocycles. The fraction of sp³-hybridized carbons (Fsp3) is 0.778. The molecule has 0 saturated carbocycles. The summed E-state index contributed by atoms with van der Waals surface area (Å²) < 4.78 is 14.7. The van der Waals surface area contributed by atoms with E-state index < -0.39 is 6.09 Å². The number of hydrogen-bond donors (Lipinski definition) is 1. The maximum Gasteiger partial charge on any atom is 0.407 e. The van der Waals surface area contributed by atoms with Crippen LogP contribution in [0.5, 0.6) is 0 Å². The number of carbonyl (C=O) groups is 1. The molecule has 0 saturated heterocycles. The maximum atomic E-state index is 10.9. The Bertz CT molecular complexity index is 127. The van der Waals surface area contributed by atoms with Gasteiger partial charge in [0.15, 0.2) is 0 Å². The molecule has 1 radical (unpaired) electrons. The van der Waals surface area contributed by atoms with Crippen molar-refractivity contribution in [1.29, 1.82) is 0 Å². The average Bonchev–Trinajstić information content (AvgIpc) is 2.19. The Hall–Kier alpha value is -0.810. The summed E-state index contributed by atoms with van der Waals surface area (Å²) in [4.78, 5) is 10.9. The predicted molar refractivity (Wildman–Crippen MR) is 51.8 cm³/mol. The normalized spacial score (nSPS) is 9.86. The Labute approximate surface area is 84.7 Å². The van der Waals surface area contributed by atoms with Crippen LogP contribution in [0.25, 0.3) is 0 Å². The molecule has 0 unspecified atom stereocenters. The first-order valence-corrected chi connectivity index (χ1v) is 4.69. The number of carbonyl (C=O) groups excluding carboxylic acids is 1. The lowest BCUT2D eigenvalue weighted by atomic mass is 10.7. The van der Waals surface area contributed by atoms with E-state index in [0.29, 0.717) is 26.4 Å². The van der Waals surface area contributed by atoms with E-state index in [-0.39, 0.29) is 6.61 Å². The quantitative estimate of drug-likeness (QED) is 0.598. The zero-order chi connectivity index (χ0) is 10.6. The van der Waals surface area contributed by atoms with Crippen LogP contribution in [-0.2, 0) is 14.2 Å². The third-order valence-corrected chi connectivity index (χ3v) is 1.32. The average molecular weight is 204 g/mol. The first-order valence-electron chi connectivity index (χ1n) is 4.69. The molecule has 1 N–H and O–H groups in total. The molecule has 0 aliphatic carbocycles. The summed E-state index contributed by atoms with van der Waals surface area (Å²) in [5.41, 5.74) is 0. The lowest BCUT2D eigenvalue weighted by molar-refractivity contribution is 0.0965. The summed E-state index contributed by atoms with van der Waals surface area (Å²) >= 11 is 0. The van der Waals surface area contributed by atoms with Crippen LogP contribution >= 0.6 is 0 Å². The van der Waals surface area contributed by atoms with Crippen LogP contribution in [0.15, 0.2) is 0 Å². The van der Waals surface area contributed by atoms with Crippen molar-refractivity contribution in [3.63, 3.8) is 0 Å². The van der Waals surface area contributed by atoms with E-state index >= 15 is 0 Å². The summed E-state index contributed by atoms with van der Waals surface area (Å²) in [5.74, 6) is 0. The Balaban J connectivity index is 3.11. The number of nitrogens with one attached hydrogen (secondary N) is 1. The van der Waals surface area contributed by atoms with Gasteiger partial charge in [-0.1, -0.05) is 0 Å². The van der Waals surface area contributed by atoms with Gasteiger partial charge < -0.3 is 19.5 Å². The third-order valence-electron chi connectivity index (χ3n) is 1.32. The van der Waals surface area contributed by atoms with E-state index in [0.717, 1.165) is 0 Å². The second-order valence-corrected chi connectivity index (χ2v) is 2.37. The van der Waals surface area contributed by atoms with Crippen molar-refractivity contribution >= 4 is 6.09 Å². The molecule has 0 spiro atoms. The van der Waals surface area contributed by atoms with Crippen molar-refractivity contribution in [3.05, 3.63) is 6.61 Å². The number of rotatable bonds is 8. The minimum Gasteiger partial charge on any atom is -0.447 e. The minimum atomic E-state index is -0.440. The molecule has 1 amide bonds. The van der Waals surface area contributed by atoms with E-state index in [9.17, 15) is 4.79 Å². The Kier molecular flexibility index (Phi) is 9.68. The van der Waals surface area contributed by atoms with Gasteiger partial charge in [0.05, 0.1) is 19.8 Å². The molecule has 0 aliphatic rings. The van der Waals surface area contributed by atoms with Crippen LogP contribution in [0, 0.1) is 6.61 Å². The van der Waals surface area contributed by atoms with Crippen LogP contribution < -0.4 is 5.32 Å². The van der Waals surface area contributed by atoms with Crippen molar-refractivity contribution in [2.75, 3.05) is 33.0 Å². The molecule has 0 aromatic rings. The van der Waals surface area contributed by atoms with Crippen LogP contribution in [-0.4, -0.2) is 39.1 Å². The van der Waals surface area contributed by atoms with Gasteiger partial charge in [0.2, 0.25) is 0 Å². The van der Waals surface area contributed by atoms with Crippen molar-refractivity contribution in [2.24, 2.45) is 0 Å². The van der Waals surface area contributed by atoms with E-state index in [1.165, 1.54) is 0 Å². The van der Waals surface area contributed by atoms with Crippen molar-refractivity contribution in [2.45, 2.75) is 13.8 Å². The smallest absolute Gasteiger partial charge is 0.407 e. The molecule has 5 heteroatoms. The molecular formula is C9H18NO4. The van der Waals surface area contributed by atoms with Gasteiger partial charge in [-0.05, 0) is 13.8 Å². The predicted octanol–water partition coefficient (Wildman–Crippen LogP) is 0.947. The van der Waals surface area contributed by atoms with Gasteiger partial charge in [-0.15, -0.1) is 0 Å². The third kappa shape index (κ3) is 9.28. The Morgan fingerprint density at radius 2 is 2.14 bits per heavy atom. The lowest BCUT2D eigenvalue weighted by Crippen LogP contribution is -2.28. The highest BCUT2D eigenvalue weighted by Gasteiger charge is 1.99. The molecule has 14 heavy (non-hydrogen) atoms. The molecule has 83 valence electrons. The van der Waals surface area contributed by atoms with Crippen molar-refractivity contribution < 1.29 is 19.0 Å². The first-order chi connectivity index (χ1) is 6.81. The van der Waals surface area contributed by atoms with Gasteiger partial charge in [-0.25, -0.2) is 4.79 Å². The largest absolute Gasteiger partial charge is 0.447 e. The van der Waals surface area contributed by atoms with E-state index in [2.05, 4.69) is 5.32 Å². The standard InChI is InChI=1S/C9H18NO4/c1-3-12-6-5-10-9(11)14-8-7-13-4-2/h4H,3,5-8H2,1-2H3,(H,10,11). The maximum absolute atomic E-state index is 10.9. The SMILES string of the molecule is C[CH]OCCOC(=O)NCCOCC. The number of ether oxygens (including phenoxy) is 3. The monoisotopic (exact) mass is 204 g/mol. The second kappa shape index (κ2) is 10.3. The van der Waals surface area contributed by atoms with Gasteiger partial charge in [-0.3, -0.25) is 0 Å². The van der Waals surface area contributed by atoms with Gasteiger partial charge in [-0.2, -0.15) is 0 Å². The molecule has 0 aromatic carbocycles. The van der Waals surface area contributed by atoms with Crippen LogP contribution in [0.4, 0.5) is 4.79 Å². The molecule has 0 fully saturated rings. The van der Waals surface area contributed by atoms with Gasteiger partial charge >= 0.3 is 6.09 Å². The molecule has 0 heterocycles. The fourth-order valence-corrected chi connectivity index (χ4v) is 0.721. The highest BCUT2D eigenvalue weighted by atomic mass is 16.6. The van der Waals surface area contributed by atoms with Crippen molar-refractivity contribution in [3.8, 4) is 0 Å². The van der Waals surface area contributed by atoms with E-state index in [1.807, 2.05) is 6.92 Å². The number of hydrogen-bond acceptors (Lipinski definition) is 4. The zero-order valence-electron chi connectivity index (χ0n) is 8.75. The number of amides is 1. The topological polar surface area (TPSA) is 56.8 Å². The van der Waals surface area contributed by atoms with Gasteiger partial charge in [0, 0.05) is 13.2 Å². The molecule has 5 nitrogen and oxygen atoms in total. The summed E-state index contributed by atoms with van der Waals surface area (Å²) in [6.45, 7) is 7.48. The first kappa shape index (κ1) is 13.2. The van der Waals surface area contributed by atoms with Gasteiger partial charge in [0.1, 0.15) is 6.61 Å². The molecule has 0 atom stereocenters. The second-order valence-electron chi connectivity index (χ2n) is 2.37. The minimum absolute atomic E-state index is 0.255. The molecule has 0 aromatic heterocycles. The van der Waals surface area contributed by atoms with E-state index in [4.69, 9.17) is 14.2 Å². The summed E-state index contributed by atoms with van der Waals surface area (Å²) in [6, 6.07) is 0. The molecule has 0 bridgehead atoms. The summed E-state index contributed by atoms with van der Waals surface area (Å²) in [6.07, 6.45) is -0.440. The Morgan fingerprint density at radius 1 is 1.36 bits per heavy atom. The van der Waals surface area contributed by atoms with Gasteiger partial charge in [0.25, 0.3) is 0 Å².